The van der Waals surface area contributed by atoms with Gasteiger partial charge in [-0.25, -0.2) is 0 Å². The van der Waals surface area contributed by atoms with E-state index >= 15 is 0 Å². The summed E-state index contributed by atoms with van der Waals surface area (Å²) in [7, 11) is -4.76. The molecule has 0 aliphatic rings. The molecule has 13 nitrogen and oxygen atoms in total. The standard InChI is InChI=1S/C22H40O6.C20H38O7S.Na.H/c1-2-3-4-5-6-7-8-9-10-11-12-13-14-15-21(25)27-18-19-28-22(26)17-16-20(23)24;1-5-9-11-16(7-3)14-26-19(21)13-18(28(23,24)25)20(22)27-15-17(8-4)12-10-6-2;;/h2-19H2,1H3,(H,23,24);16-18H,5-15H2,1-4H3,(H,23,24,25);;. The van der Waals surface area contributed by atoms with Gasteiger partial charge >= 0.3 is 59.4 Å². The molecule has 0 saturated heterocycles. The fourth-order valence-electron chi connectivity index (χ4n) is 5.77. The summed E-state index contributed by atoms with van der Waals surface area (Å²) in [4.78, 5) is 57.3. The Morgan fingerprint density at radius 1 is 0.509 bits per heavy atom. The number of hydrogen-bond donors (Lipinski definition) is 2. The zero-order valence-corrected chi connectivity index (χ0v) is 36.3. The van der Waals surface area contributed by atoms with Gasteiger partial charge in [0.1, 0.15) is 13.2 Å². The van der Waals surface area contributed by atoms with Crippen molar-refractivity contribution >= 4 is 69.5 Å². The van der Waals surface area contributed by atoms with Gasteiger partial charge in [0.25, 0.3) is 10.1 Å². The van der Waals surface area contributed by atoms with Crippen molar-refractivity contribution in [2.45, 2.75) is 200 Å². The van der Waals surface area contributed by atoms with Crippen LogP contribution in [0, 0.1) is 11.8 Å². The molecule has 0 aromatic carbocycles. The quantitative estimate of drug-likeness (QED) is 0.0200. The Labute approximate surface area is 367 Å². The molecular weight excluding hydrogens is 768 g/mol. The van der Waals surface area contributed by atoms with Crippen LogP contribution in [0.3, 0.4) is 0 Å². The average molecular weight is 847 g/mol. The van der Waals surface area contributed by atoms with Crippen molar-refractivity contribution in [2.24, 2.45) is 11.8 Å². The first-order chi connectivity index (χ1) is 26.7. The van der Waals surface area contributed by atoms with E-state index in [4.69, 9.17) is 24.1 Å². The van der Waals surface area contributed by atoms with Crippen molar-refractivity contribution in [1.29, 1.82) is 0 Å². The van der Waals surface area contributed by atoms with Crippen LogP contribution in [0.2, 0.25) is 0 Å². The van der Waals surface area contributed by atoms with E-state index in [0.717, 1.165) is 70.6 Å². The summed E-state index contributed by atoms with van der Waals surface area (Å²) < 4.78 is 52.5. The molecule has 0 aromatic rings. The van der Waals surface area contributed by atoms with Crippen LogP contribution in [0.25, 0.3) is 0 Å². The van der Waals surface area contributed by atoms with Crippen LogP contribution in [0.15, 0.2) is 0 Å². The van der Waals surface area contributed by atoms with Gasteiger partial charge in [-0.1, -0.05) is 150 Å². The number of aliphatic carboxylic acids is 1. The minimum atomic E-state index is -4.76. The molecular formula is C42H79NaO13S. The van der Waals surface area contributed by atoms with Crippen molar-refractivity contribution in [3.8, 4) is 0 Å². The number of carbonyl (C=O) groups excluding carboxylic acids is 4. The third-order valence-corrected chi connectivity index (χ3v) is 10.7. The van der Waals surface area contributed by atoms with E-state index in [1.165, 1.54) is 64.2 Å². The van der Waals surface area contributed by atoms with Gasteiger partial charge in [-0.3, -0.25) is 28.5 Å². The Kier molecular flexibility index (Phi) is 42.9. The molecule has 3 unspecified atom stereocenters. The molecule has 0 aliphatic carbocycles. The molecule has 0 bridgehead atoms. The first-order valence-electron chi connectivity index (χ1n) is 21.6. The van der Waals surface area contributed by atoms with Crippen LogP contribution in [-0.4, -0.2) is 109 Å². The number of carboxylic acid groups (broad SMARTS) is 1. The first kappa shape index (κ1) is 59.6. The Balaban J connectivity index is -0.00000101. The van der Waals surface area contributed by atoms with Gasteiger partial charge in [-0.05, 0) is 31.1 Å². The Hall–Kier alpha value is -1.74. The van der Waals surface area contributed by atoms with Crippen LogP contribution in [0.5, 0.6) is 0 Å². The molecule has 0 aliphatic heterocycles. The van der Waals surface area contributed by atoms with E-state index in [9.17, 15) is 36.9 Å². The van der Waals surface area contributed by atoms with E-state index < -0.39 is 45.7 Å². The maximum absolute atomic E-state index is 12.2. The zero-order chi connectivity index (χ0) is 42.5. The summed E-state index contributed by atoms with van der Waals surface area (Å²) in [5, 5.41) is 6.50. The SMILES string of the molecule is CCCCC(CC)COC(=O)CC(C(=O)OCC(CC)CCCC)S(=O)(=O)O.CCCCCCCCCCCCCCCC(=O)OCCOC(=O)CCC(=O)O.[NaH]. The molecule has 0 saturated carbocycles. The van der Waals surface area contributed by atoms with Gasteiger partial charge in [-0.15, -0.1) is 0 Å². The number of carbonyl (C=O) groups is 5. The fraction of sp³-hybridized carbons (Fsp3) is 0.881. The summed E-state index contributed by atoms with van der Waals surface area (Å²) in [6.45, 7) is 10.6. The van der Waals surface area contributed by atoms with Crippen LogP contribution < -0.4 is 0 Å². The topological polar surface area (TPSA) is 197 Å². The number of rotatable bonds is 36. The number of carboxylic acids is 1. The molecule has 332 valence electrons. The molecule has 0 aromatic heterocycles. The Bertz CT molecular complexity index is 1130. The van der Waals surface area contributed by atoms with Crippen LogP contribution in [0.4, 0.5) is 0 Å². The third-order valence-electron chi connectivity index (χ3n) is 9.64. The molecule has 0 rings (SSSR count). The minimum absolute atomic E-state index is 0. The second kappa shape index (κ2) is 41.0. The number of esters is 4. The number of ether oxygens (including phenoxy) is 4. The third kappa shape index (κ3) is 39.5. The summed E-state index contributed by atoms with van der Waals surface area (Å²) in [5.41, 5.74) is 0. The summed E-state index contributed by atoms with van der Waals surface area (Å²) >= 11 is 0. The molecule has 0 radical (unpaired) electrons. The van der Waals surface area contributed by atoms with E-state index in [1.807, 2.05) is 13.8 Å². The first-order valence-corrected chi connectivity index (χ1v) is 23.1. The molecule has 2 N–H and O–H groups in total. The van der Waals surface area contributed by atoms with Crippen LogP contribution in [-0.2, 0) is 53.0 Å². The van der Waals surface area contributed by atoms with Crippen LogP contribution >= 0.6 is 0 Å². The predicted octanol–water partition coefficient (Wildman–Crippen LogP) is 8.92. The summed E-state index contributed by atoms with van der Waals surface area (Å²) in [6.07, 6.45) is 23.1. The van der Waals surface area contributed by atoms with Crippen molar-refractivity contribution in [3.05, 3.63) is 0 Å². The summed E-state index contributed by atoms with van der Waals surface area (Å²) in [6, 6.07) is 0. The van der Waals surface area contributed by atoms with Crippen LogP contribution in [0.1, 0.15) is 195 Å². The van der Waals surface area contributed by atoms with E-state index in [0.29, 0.717) is 6.42 Å². The van der Waals surface area contributed by atoms with Crippen molar-refractivity contribution in [2.75, 3.05) is 26.4 Å². The molecule has 15 heteroatoms. The molecule has 0 heterocycles. The van der Waals surface area contributed by atoms with Gasteiger partial charge in [0.05, 0.1) is 32.5 Å². The van der Waals surface area contributed by atoms with Crippen molar-refractivity contribution < 1.29 is 61.0 Å². The van der Waals surface area contributed by atoms with E-state index in [2.05, 4.69) is 20.8 Å². The predicted molar refractivity (Wildman–Crippen MR) is 225 cm³/mol. The fourth-order valence-corrected chi connectivity index (χ4v) is 6.43. The molecule has 0 spiro atoms. The number of hydrogen-bond acceptors (Lipinski definition) is 11. The second-order valence-electron chi connectivity index (χ2n) is 14.7. The maximum atomic E-state index is 12.2. The normalized spacial score (nSPS) is 12.5. The molecule has 57 heavy (non-hydrogen) atoms. The van der Waals surface area contributed by atoms with E-state index in [1.54, 1.807) is 0 Å². The summed E-state index contributed by atoms with van der Waals surface area (Å²) in [5.74, 6) is -3.51. The Morgan fingerprint density at radius 3 is 1.32 bits per heavy atom. The van der Waals surface area contributed by atoms with E-state index in [-0.39, 0.29) is 86.6 Å². The van der Waals surface area contributed by atoms with Gasteiger partial charge < -0.3 is 24.1 Å². The molecule has 0 amide bonds. The second-order valence-corrected chi connectivity index (χ2v) is 16.3. The van der Waals surface area contributed by atoms with Crippen molar-refractivity contribution in [3.63, 3.8) is 0 Å². The molecule has 0 fully saturated rings. The van der Waals surface area contributed by atoms with Gasteiger partial charge in [-0.2, -0.15) is 8.42 Å². The zero-order valence-electron chi connectivity index (χ0n) is 35.5. The number of unbranched alkanes of at least 4 members (excludes halogenated alkanes) is 14. The molecule has 3 atom stereocenters. The van der Waals surface area contributed by atoms with Gasteiger partial charge in [0.15, 0.2) is 5.25 Å². The monoisotopic (exact) mass is 847 g/mol. The average Bonchev–Trinajstić information content (AvgIpc) is 3.16. The van der Waals surface area contributed by atoms with Gasteiger partial charge in [0.2, 0.25) is 0 Å². The van der Waals surface area contributed by atoms with Gasteiger partial charge in [0, 0.05) is 6.42 Å². The Morgan fingerprint density at radius 2 is 0.912 bits per heavy atom. The van der Waals surface area contributed by atoms with Crippen molar-refractivity contribution in [1.82, 2.24) is 0 Å².